The van der Waals surface area contributed by atoms with Gasteiger partial charge in [-0.15, -0.1) is 0 Å². The van der Waals surface area contributed by atoms with E-state index in [0.717, 1.165) is 11.6 Å². The molecule has 0 spiro atoms. The summed E-state index contributed by atoms with van der Waals surface area (Å²) >= 11 is 1.70. The van der Waals surface area contributed by atoms with Crippen LogP contribution in [-0.4, -0.2) is 36.4 Å². The third-order valence-corrected chi connectivity index (χ3v) is 6.19. The fraction of sp³-hybridized carbons (Fsp3) is 0.350. The van der Waals surface area contributed by atoms with Crippen molar-refractivity contribution in [3.8, 4) is 11.5 Å². The van der Waals surface area contributed by atoms with Gasteiger partial charge >= 0.3 is 6.18 Å². The summed E-state index contributed by atoms with van der Waals surface area (Å²) in [5.74, 6) is 1.50. The Labute approximate surface area is 164 Å². The van der Waals surface area contributed by atoms with E-state index in [2.05, 4.69) is 0 Å². The van der Waals surface area contributed by atoms with Gasteiger partial charge in [0.05, 0.1) is 11.1 Å². The van der Waals surface area contributed by atoms with Gasteiger partial charge in [-0.05, 0) is 36.2 Å². The Bertz CT molecular complexity index is 887. The van der Waals surface area contributed by atoms with Gasteiger partial charge < -0.3 is 14.4 Å². The van der Waals surface area contributed by atoms with Gasteiger partial charge in [0, 0.05) is 24.1 Å². The Morgan fingerprint density at radius 2 is 1.86 bits per heavy atom. The van der Waals surface area contributed by atoms with E-state index in [1.807, 2.05) is 18.2 Å². The lowest BCUT2D eigenvalue weighted by Crippen LogP contribution is -2.34. The van der Waals surface area contributed by atoms with Crippen molar-refractivity contribution in [1.82, 2.24) is 4.90 Å². The van der Waals surface area contributed by atoms with Crippen molar-refractivity contribution in [3.63, 3.8) is 0 Å². The molecule has 0 bridgehead atoms. The Hall–Kier alpha value is -2.35. The highest BCUT2D eigenvalue weighted by atomic mass is 32.2. The van der Waals surface area contributed by atoms with Gasteiger partial charge in [-0.25, -0.2) is 0 Å². The van der Waals surface area contributed by atoms with Crippen molar-refractivity contribution < 1.29 is 27.4 Å². The predicted octanol–water partition coefficient (Wildman–Crippen LogP) is 4.75. The normalized spacial score (nSPS) is 19.4. The number of thioether (sulfide) groups is 1. The van der Waals surface area contributed by atoms with E-state index < -0.39 is 17.6 Å². The zero-order valence-corrected chi connectivity index (χ0v) is 15.7. The van der Waals surface area contributed by atoms with Crippen LogP contribution in [0.3, 0.4) is 0 Å². The lowest BCUT2D eigenvalue weighted by Gasteiger charge is -2.22. The maximum Gasteiger partial charge on any atom is 0.417 e. The van der Waals surface area contributed by atoms with Crippen LogP contribution in [0.5, 0.6) is 11.5 Å². The van der Waals surface area contributed by atoms with E-state index in [4.69, 9.17) is 9.47 Å². The number of hydrogen-bond acceptors (Lipinski definition) is 4. The minimum atomic E-state index is -4.55. The quantitative estimate of drug-likeness (QED) is 0.717. The van der Waals surface area contributed by atoms with Gasteiger partial charge in [-0.3, -0.25) is 4.79 Å². The summed E-state index contributed by atoms with van der Waals surface area (Å²) < 4.78 is 50.5. The number of halogens is 3. The highest BCUT2D eigenvalue weighted by Gasteiger charge is 2.36. The first-order valence-corrected chi connectivity index (χ1v) is 9.95. The van der Waals surface area contributed by atoms with E-state index >= 15 is 0 Å². The molecule has 0 aromatic heterocycles. The third-order valence-electron chi connectivity index (χ3n) is 4.86. The number of benzene rings is 2. The maximum atomic E-state index is 13.3. The van der Waals surface area contributed by atoms with E-state index in [-0.39, 0.29) is 17.6 Å². The second-order valence-electron chi connectivity index (χ2n) is 6.60. The molecular formula is C20H18F3NO3S. The van der Waals surface area contributed by atoms with Crippen molar-refractivity contribution in [2.45, 2.75) is 17.8 Å². The molecule has 0 N–H and O–H groups in total. The Kier molecular flexibility index (Phi) is 5.14. The van der Waals surface area contributed by atoms with E-state index in [9.17, 15) is 18.0 Å². The van der Waals surface area contributed by atoms with Crippen molar-refractivity contribution in [2.75, 3.05) is 25.6 Å². The molecule has 28 heavy (non-hydrogen) atoms. The fourth-order valence-electron chi connectivity index (χ4n) is 3.44. The number of carbonyl (C=O) groups excluding carboxylic acids is 1. The van der Waals surface area contributed by atoms with E-state index in [1.165, 1.54) is 23.1 Å². The van der Waals surface area contributed by atoms with Gasteiger partial charge in [0.25, 0.3) is 5.91 Å². The smallest absolute Gasteiger partial charge is 0.417 e. The summed E-state index contributed by atoms with van der Waals surface area (Å²) in [6.07, 6.45) is -3.90. The second kappa shape index (κ2) is 7.58. The van der Waals surface area contributed by atoms with Crippen LogP contribution in [0.2, 0.25) is 0 Å². The third kappa shape index (κ3) is 3.78. The van der Waals surface area contributed by atoms with Crippen molar-refractivity contribution in [1.29, 1.82) is 0 Å². The first kappa shape index (κ1) is 19.0. The highest BCUT2D eigenvalue weighted by Crippen LogP contribution is 2.40. The summed E-state index contributed by atoms with van der Waals surface area (Å²) in [4.78, 5) is 14.3. The molecule has 0 aliphatic carbocycles. The molecule has 2 aliphatic rings. The van der Waals surface area contributed by atoms with Crippen LogP contribution in [0.25, 0.3) is 0 Å². The molecule has 2 aliphatic heterocycles. The van der Waals surface area contributed by atoms with Crippen LogP contribution < -0.4 is 9.47 Å². The molecule has 0 unspecified atom stereocenters. The SMILES string of the molecule is O=C(c1ccccc1C(F)(F)F)N1CCS[C@@H](c2ccc3c(c2)OCO3)CC1. The zero-order chi connectivity index (χ0) is 19.7. The summed E-state index contributed by atoms with van der Waals surface area (Å²) in [5.41, 5.74) is -0.106. The van der Waals surface area contributed by atoms with Gasteiger partial charge in [-0.1, -0.05) is 18.2 Å². The van der Waals surface area contributed by atoms with Gasteiger partial charge in [-0.2, -0.15) is 24.9 Å². The van der Waals surface area contributed by atoms with Crippen molar-refractivity contribution >= 4 is 17.7 Å². The molecule has 0 saturated carbocycles. The molecule has 2 aromatic carbocycles. The van der Waals surface area contributed by atoms with Crippen LogP contribution >= 0.6 is 11.8 Å². The summed E-state index contributed by atoms with van der Waals surface area (Å²) in [5, 5.41) is 0.144. The number of nitrogens with zero attached hydrogens (tertiary/aromatic N) is 1. The van der Waals surface area contributed by atoms with Crippen molar-refractivity contribution in [2.24, 2.45) is 0 Å². The zero-order valence-electron chi connectivity index (χ0n) is 14.9. The minimum absolute atomic E-state index is 0.144. The molecule has 2 aromatic rings. The average Bonchev–Trinajstić information content (AvgIpc) is 3.01. The predicted molar refractivity (Wildman–Crippen MR) is 99.7 cm³/mol. The molecule has 0 radical (unpaired) electrons. The molecule has 4 rings (SSSR count). The standard InChI is InChI=1S/C20H18F3NO3S/c21-20(22,23)15-4-2-1-3-14(15)19(25)24-8-7-18(28-10-9-24)13-5-6-16-17(11-13)27-12-26-16/h1-6,11,18H,7-10,12H2/t18-/m1/s1. The molecule has 8 heteroatoms. The van der Waals surface area contributed by atoms with Crippen LogP contribution in [0.4, 0.5) is 13.2 Å². The minimum Gasteiger partial charge on any atom is -0.454 e. The van der Waals surface area contributed by atoms with Crippen LogP contribution in [0.15, 0.2) is 42.5 Å². The number of carbonyl (C=O) groups is 1. The highest BCUT2D eigenvalue weighted by molar-refractivity contribution is 7.99. The fourth-order valence-corrected chi connectivity index (χ4v) is 4.66. The topological polar surface area (TPSA) is 38.8 Å². The van der Waals surface area contributed by atoms with Gasteiger partial charge in [0.1, 0.15) is 0 Å². The first-order valence-electron chi connectivity index (χ1n) is 8.90. The Balaban J connectivity index is 1.50. The van der Waals surface area contributed by atoms with Crippen LogP contribution in [0, 0.1) is 0 Å². The molecule has 1 fully saturated rings. The molecule has 2 heterocycles. The number of alkyl halides is 3. The van der Waals surface area contributed by atoms with Crippen LogP contribution in [0.1, 0.15) is 33.2 Å². The maximum absolute atomic E-state index is 13.3. The number of ether oxygens (including phenoxy) is 2. The summed E-state index contributed by atoms with van der Waals surface area (Å²) in [6, 6.07) is 10.7. The average molecular weight is 409 g/mol. The Morgan fingerprint density at radius 1 is 1.07 bits per heavy atom. The monoisotopic (exact) mass is 409 g/mol. The first-order chi connectivity index (χ1) is 13.4. The van der Waals surface area contributed by atoms with Gasteiger partial charge in [0.15, 0.2) is 11.5 Å². The number of rotatable bonds is 2. The molecule has 1 atom stereocenters. The number of amides is 1. The van der Waals surface area contributed by atoms with E-state index in [0.29, 0.717) is 36.8 Å². The lowest BCUT2D eigenvalue weighted by molar-refractivity contribution is -0.138. The Morgan fingerprint density at radius 3 is 2.68 bits per heavy atom. The van der Waals surface area contributed by atoms with Crippen molar-refractivity contribution in [3.05, 3.63) is 59.2 Å². The number of fused-ring (bicyclic) bond motifs is 1. The van der Waals surface area contributed by atoms with Crippen LogP contribution in [-0.2, 0) is 6.18 Å². The summed E-state index contributed by atoms with van der Waals surface area (Å²) in [6.45, 7) is 1.02. The largest absolute Gasteiger partial charge is 0.454 e. The molecular weight excluding hydrogens is 391 g/mol. The van der Waals surface area contributed by atoms with E-state index in [1.54, 1.807) is 11.8 Å². The summed E-state index contributed by atoms with van der Waals surface area (Å²) in [7, 11) is 0. The lowest BCUT2D eigenvalue weighted by atomic mass is 10.0. The molecule has 148 valence electrons. The molecule has 4 nitrogen and oxygen atoms in total. The molecule has 1 saturated heterocycles. The number of hydrogen-bond donors (Lipinski definition) is 0. The molecule has 1 amide bonds. The van der Waals surface area contributed by atoms with Gasteiger partial charge in [0.2, 0.25) is 6.79 Å². The second-order valence-corrected chi connectivity index (χ2v) is 7.91.